The predicted molar refractivity (Wildman–Crippen MR) is 312 cm³/mol. The molecule has 0 spiro atoms. The maximum absolute atomic E-state index is 7.32. The standard InChI is InChI=1S/C27H26N4.C18H18BrN3.C15H20BNO2.2CH4/c1-16-11-19(4)26(20(5)12-16)31-27(29-21(6)30-31)23-10-8-9-22(15-23)25-17(2)13-24(28-7)14-18(25)3;1-11-8-12(2)17(13(3)9-11)22-18(20-14(4)21-22)15-6-5-7-16(19)10-15;1-10-8-12(17-7)9-11(2)13(10)16-18-14(3,4)15(5,6)19-16;;/h8-15H,1-6H3;5-10H,1-4H3;8-9H,1-6H3;2*1H4. The molecule has 0 saturated carbocycles. The van der Waals surface area contributed by atoms with E-state index >= 15 is 0 Å². The van der Waals surface area contributed by atoms with Gasteiger partial charge in [0.05, 0.1) is 35.7 Å². The first-order chi connectivity index (χ1) is 33.9. The second kappa shape index (κ2) is 23.1. The molecule has 12 heteroatoms. The molecular weight excluding hydrogens is 979 g/mol. The fourth-order valence-electron chi connectivity index (χ4n) is 9.78. The molecule has 10 nitrogen and oxygen atoms in total. The summed E-state index contributed by atoms with van der Waals surface area (Å²) < 4.78 is 17.1. The Morgan fingerprint density at radius 1 is 0.486 bits per heavy atom. The Balaban J connectivity index is 0.000000210. The number of nitrogens with zero attached hydrogens (tertiary/aromatic N) is 8. The second-order valence-corrected chi connectivity index (χ2v) is 21.0. The first-order valence-electron chi connectivity index (χ1n) is 24.1. The van der Waals surface area contributed by atoms with Gasteiger partial charge in [-0.15, -0.1) is 0 Å². The van der Waals surface area contributed by atoms with Crippen molar-refractivity contribution >= 4 is 39.9 Å². The SMILES string of the molecule is C.C.Cc1cc(C)c(-n2nc(C)nc2-c2cccc(Br)c2)c(C)c1.[C-]#[N+]c1cc(C)c(-c2cccc(-c3nc(C)nn3-c3c(C)cc(C)cc3C)c2)c(C)c1.[C-]#[N+]c1cc(C)c(B2OC(C)(C)C(C)(C)O2)c(C)c1. The monoisotopic (exact) mass is 1050 g/mol. The van der Waals surface area contributed by atoms with Gasteiger partial charge in [0.1, 0.15) is 11.6 Å². The number of halogens is 1. The normalized spacial score (nSPS) is 13.0. The van der Waals surface area contributed by atoms with Gasteiger partial charge < -0.3 is 9.31 Å². The van der Waals surface area contributed by atoms with Crippen molar-refractivity contribution < 1.29 is 9.31 Å². The Morgan fingerprint density at radius 2 is 0.851 bits per heavy atom. The molecule has 9 rings (SSSR count). The van der Waals surface area contributed by atoms with Gasteiger partial charge in [0.25, 0.3) is 0 Å². The van der Waals surface area contributed by atoms with Crippen molar-refractivity contribution in [2.24, 2.45) is 0 Å². The van der Waals surface area contributed by atoms with Crippen LogP contribution in [0.3, 0.4) is 0 Å². The minimum atomic E-state index is -0.357. The molecule has 0 N–H and O–H groups in total. The zero-order chi connectivity index (χ0) is 52.6. The highest BCUT2D eigenvalue weighted by Crippen LogP contribution is 2.38. The quantitative estimate of drug-likeness (QED) is 0.122. The molecule has 1 aliphatic rings. The molecule has 382 valence electrons. The highest BCUT2D eigenvalue weighted by atomic mass is 79.9. The summed E-state index contributed by atoms with van der Waals surface area (Å²) in [5, 5.41) is 9.37. The van der Waals surface area contributed by atoms with Crippen LogP contribution in [0.1, 0.15) is 110 Å². The van der Waals surface area contributed by atoms with Crippen LogP contribution in [0, 0.1) is 96.2 Å². The second-order valence-electron chi connectivity index (χ2n) is 20.1. The minimum absolute atomic E-state index is 0. The molecular formula is C62H72BBrN8O2. The van der Waals surface area contributed by atoms with Gasteiger partial charge in [-0.2, -0.15) is 10.2 Å². The van der Waals surface area contributed by atoms with E-state index in [1.54, 1.807) is 0 Å². The van der Waals surface area contributed by atoms with Crippen molar-refractivity contribution in [3.8, 4) is 45.3 Å². The zero-order valence-electron chi connectivity index (χ0n) is 44.6. The Hall–Kier alpha value is -6.96. The summed E-state index contributed by atoms with van der Waals surface area (Å²) in [4.78, 5) is 16.5. The van der Waals surface area contributed by atoms with Gasteiger partial charge in [-0.3, -0.25) is 0 Å². The number of aryl methyl sites for hydroxylation is 12. The van der Waals surface area contributed by atoms with E-state index in [2.05, 4.69) is 152 Å². The molecule has 74 heavy (non-hydrogen) atoms. The first kappa shape index (κ1) is 57.9. The molecule has 2 aromatic heterocycles. The number of hydrogen-bond acceptors (Lipinski definition) is 6. The van der Waals surface area contributed by atoms with Crippen molar-refractivity contribution in [2.75, 3.05) is 0 Å². The first-order valence-corrected chi connectivity index (χ1v) is 24.9. The molecule has 0 atom stereocenters. The summed E-state index contributed by atoms with van der Waals surface area (Å²) in [6.45, 7) is 47.3. The van der Waals surface area contributed by atoms with Crippen LogP contribution in [0.15, 0.2) is 102 Å². The summed E-state index contributed by atoms with van der Waals surface area (Å²) in [7, 11) is -0.357. The van der Waals surface area contributed by atoms with E-state index < -0.39 is 0 Å². The van der Waals surface area contributed by atoms with Crippen molar-refractivity contribution in [1.29, 1.82) is 0 Å². The van der Waals surface area contributed by atoms with Crippen LogP contribution >= 0.6 is 15.9 Å². The van der Waals surface area contributed by atoms with Crippen LogP contribution in [-0.4, -0.2) is 47.8 Å². The van der Waals surface area contributed by atoms with Gasteiger partial charge in [-0.1, -0.05) is 143 Å². The van der Waals surface area contributed by atoms with Gasteiger partial charge in [0, 0.05) is 15.6 Å². The molecule has 0 radical (unpaired) electrons. The molecule has 1 aliphatic heterocycles. The summed E-state index contributed by atoms with van der Waals surface area (Å²) in [5.41, 5.74) is 19.8. The maximum atomic E-state index is 7.32. The summed E-state index contributed by atoms with van der Waals surface area (Å²) >= 11 is 3.53. The highest BCUT2D eigenvalue weighted by Gasteiger charge is 2.52. The number of rotatable bonds is 6. The fourth-order valence-corrected chi connectivity index (χ4v) is 10.2. The lowest BCUT2D eigenvalue weighted by molar-refractivity contribution is 0.00578. The van der Waals surface area contributed by atoms with Crippen LogP contribution in [0.25, 0.3) is 55.0 Å². The lowest BCUT2D eigenvalue weighted by Gasteiger charge is -2.32. The van der Waals surface area contributed by atoms with Crippen LogP contribution in [0.5, 0.6) is 0 Å². The lowest BCUT2D eigenvalue weighted by atomic mass is 9.73. The van der Waals surface area contributed by atoms with Gasteiger partial charge in [-0.25, -0.2) is 29.0 Å². The van der Waals surface area contributed by atoms with Gasteiger partial charge >= 0.3 is 7.12 Å². The number of aromatic nitrogens is 6. The molecule has 0 unspecified atom stereocenters. The van der Waals surface area contributed by atoms with Crippen LogP contribution in [0.2, 0.25) is 0 Å². The lowest BCUT2D eigenvalue weighted by Crippen LogP contribution is -2.41. The minimum Gasteiger partial charge on any atom is -0.399 e. The summed E-state index contributed by atoms with van der Waals surface area (Å²) in [5.74, 6) is 3.22. The van der Waals surface area contributed by atoms with E-state index in [4.69, 9.17) is 32.5 Å². The molecule has 1 fully saturated rings. The largest absolute Gasteiger partial charge is 0.495 e. The highest BCUT2D eigenvalue weighted by molar-refractivity contribution is 9.10. The summed E-state index contributed by atoms with van der Waals surface area (Å²) in [6, 6.07) is 33.0. The smallest absolute Gasteiger partial charge is 0.399 e. The average molecular weight is 1050 g/mol. The van der Waals surface area contributed by atoms with Gasteiger partial charge in [-0.05, 0) is 168 Å². The molecule has 0 aliphatic carbocycles. The molecule has 3 heterocycles. The molecule has 0 bridgehead atoms. The molecule has 1 saturated heterocycles. The van der Waals surface area contributed by atoms with Crippen molar-refractivity contribution in [2.45, 2.75) is 137 Å². The maximum Gasteiger partial charge on any atom is 0.495 e. The van der Waals surface area contributed by atoms with Crippen molar-refractivity contribution in [3.63, 3.8) is 0 Å². The van der Waals surface area contributed by atoms with Crippen LogP contribution < -0.4 is 5.46 Å². The van der Waals surface area contributed by atoms with Gasteiger partial charge in [0.2, 0.25) is 0 Å². The predicted octanol–water partition coefficient (Wildman–Crippen LogP) is 16.4. The Kier molecular flexibility index (Phi) is 18.1. The zero-order valence-corrected chi connectivity index (χ0v) is 46.2. The van der Waals surface area contributed by atoms with Gasteiger partial charge in [0.15, 0.2) is 23.0 Å². The number of hydrogen-bond donors (Lipinski definition) is 0. The van der Waals surface area contributed by atoms with Crippen LogP contribution in [0.4, 0.5) is 11.4 Å². The van der Waals surface area contributed by atoms with Crippen molar-refractivity contribution in [1.82, 2.24) is 29.5 Å². The van der Waals surface area contributed by atoms with E-state index in [0.717, 1.165) is 83.6 Å². The third-order valence-corrected chi connectivity index (χ3v) is 13.9. The third kappa shape index (κ3) is 12.2. The van der Waals surface area contributed by atoms with Crippen molar-refractivity contribution in [3.05, 3.63) is 192 Å². The van der Waals surface area contributed by atoms with E-state index in [9.17, 15) is 0 Å². The Morgan fingerprint density at radius 3 is 1.24 bits per heavy atom. The van der Waals surface area contributed by atoms with E-state index in [1.807, 2.05) is 101 Å². The number of benzene rings is 6. The van der Waals surface area contributed by atoms with Crippen LogP contribution in [-0.2, 0) is 9.31 Å². The molecule has 8 aromatic rings. The fraction of sp³-hybridized carbons (Fsp3) is 0.323. The molecule has 6 aromatic carbocycles. The van der Waals surface area contributed by atoms with E-state index in [1.165, 1.54) is 38.9 Å². The van der Waals surface area contributed by atoms with E-state index in [-0.39, 0.29) is 33.2 Å². The summed E-state index contributed by atoms with van der Waals surface area (Å²) in [6.07, 6.45) is 0. The Bertz CT molecular complexity index is 3350. The average Bonchev–Trinajstić information content (AvgIpc) is 3.93. The topological polar surface area (TPSA) is 88.6 Å². The Labute approximate surface area is 450 Å². The molecule has 0 amide bonds. The third-order valence-electron chi connectivity index (χ3n) is 13.5. The van der Waals surface area contributed by atoms with E-state index in [0.29, 0.717) is 11.4 Å².